The molecule has 1 aliphatic heterocycles. The highest BCUT2D eigenvalue weighted by Crippen LogP contribution is 2.32. The number of rotatable bonds is 3. The molecule has 1 heterocycles. The number of nitrogens with one attached hydrogen (secondary N) is 1. The molecule has 1 aliphatic rings. The summed E-state index contributed by atoms with van der Waals surface area (Å²) < 4.78 is 80.0. The van der Waals surface area contributed by atoms with E-state index >= 15 is 0 Å². The highest BCUT2D eigenvalue weighted by molar-refractivity contribution is 5.44. The van der Waals surface area contributed by atoms with Gasteiger partial charge in [0.15, 0.2) is 11.5 Å². The van der Waals surface area contributed by atoms with E-state index in [1.807, 2.05) is 0 Å². The van der Waals surface area contributed by atoms with Crippen LogP contribution in [0.1, 0.15) is 23.5 Å². The summed E-state index contributed by atoms with van der Waals surface area (Å²) in [6, 6.07) is -4.19. The van der Waals surface area contributed by atoms with Crippen LogP contribution in [0.5, 0.6) is 11.5 Å². The summed E-state index contributed by atoms with van der Waals surface area (Å²) in [7, 11) is 1.16. The SMILES string of the molecule is [2H]c1c([2H])c(C([2H])([2H])C([2H])(C)N([2H])C)c([2H])c2c1OC([2H])([2H])O2. The quantitative estimate of drug-likeness (QED) is 0.807. The lowest BCUT2D eigenvalue weighted by atomic mass is 10.1. The highest BCUT2D eigenvalue weighted by atomic mass is 16.7. The van der Waals surface area contributed by atoms with Gasteiger partial charge >= 0.3 is 0 Å². The van der Waals surface area contributed by atoms with E-state index in [2.05, 4.69) is 0 Å². The Kier molecular flexibility index (Phi) is 0.947. The number of hydrogen-bond acceptors (Lipinski definition) is 3. The largest absolute Gasteiger partial charge is 0.454 e. The number of ether oxygens (including phenoxy) is 2. The molecular weight excluding hydrogens is 178 g/mol. The Hall–Kier alpha value is -1.22. The average Bonchev–Trinajstić information content (AvgIpc) is 2.72. The summed E-state index contributed by atoms with van der Waals surface area (Å²) in [4.78, 5) is 0. The summed E-state index contributed by atoms with van der Waals surface area (Å²) in [6.07, 6.45) is -2.68. The molecule has 0 fully saturated rings. The lowest BCUT2D eigenvalue weighted by Gasteiger charge is -2.09. The van der Waals surface area contributed by atoms with Gasteiger partial charge < -0.3 is 14.8 Å². The summed E-state index contributed by atoms with van der Waals surface area (Å²) in [5, 5.41) is 0.541. The molecule has 14 heavy (non-hydrogen) atoms. The van der Waals surface area contributed by atoms with Crippen LogP contribution in [-0.2, 0) is 6.37 Å². The van der Waals surface area contributed by atoms with Crippen LogP contribution >= 0.6 is 0 Å². The van der Waals surface area contributed by atoms with Crippen molar-refractivity contribution in [2.45, 2.75) is 19.3 Å². The molecule has 1 N–H and O–H groups in total. The van der Waals surface area contributed by atoms with Gasteiger partial charge in [-0.25, -0.2) is 0 Å². The summed E-state index contributed by atoms with van der Waals surface area (Å²) in [6.45, 7) is -1.52. The van der Waals surface area contributed by atoms with Gasteiger partial charge in [0, 0.05) is 10.1 Å². The number of fused-ring (bicyclic) bond motifs is 1. The number of benzene rings is 1. The van der Waals surface area contributed by atoms with E-state index in [-0.39, 0.29) is 0 Å². The Labute approximate surface area is 96.7 Å². The van der Waals surface area contributed by atoms with Gasteiger partial charge in [0.25, 0.3) is 0 Å². The van der Waals surface area contributed by atoms with Crippen LogP contribution in [0.2, 0.25) is 1.41 Å². The van der Waals surface area contributed by atoms with Crippen LogP contribution < -0.4 is 14.8 Å². The van der Waals surface area contributed by atoms with E-state index in [1.54, 1.807) is 0 Å². The second-order valence-corrected chi connectivity index (χ2v) is 2.63. The van der Waals surface area contributed by atoms with E-state index in [0.29, 0.717) is 5.31 Å². The van der Waals surface area contributed by atoms with Crippen molar-refractivity contribution in [1.29, 1.82) is 0 Å². The summed E-state index contributed by atoms with van der Waals surface area (Å²) in [5.41, 5.74) is -0.626. The third kappa shape index (κ3) is 1.82. The van der Waals surface area contributed by atoms with Crippen LogP contribution in [0, 0.1) is 0 Å². The monoisotopic (exact) mass is 202 g/mol. The third-order valence-electron chi connectivity index (χ3n) is 1.67. The van der Waals surface area contributed by atoms with Crippen molar-refractivity contribution < 1.29 is 21.9 Å². The van der Waals surface area contributed by atoms with Crippen molar-refractivity contribution in [3.63, 3.8) is 0 Å². The Bertz CT molecular complexity index is 660. The Morgan fingerprint density at radius 2 is 2.57 bits per heavy atom. The van der Waals surface area contributed by atoms with Gasteiger partial charge in [0.2, 0.25) is 6.75 Å². The lowest BCUT2D eigenvalue weighted by Crippen LogP contribution is -2.23. The highest BCUT2D eigenvalue weighted by Gasteiger charge is 2.13. The maximum atomic E-state index is 8.14. The van der Waals surface area contributed by atoms with Crippen molar-refractivity contribution in [1.82, 2.24) is 5.31 Å². The maximum absolute atomic E-state index is 8.14. The smallest absolute Gasteiger partial charge is 0.231 e. The fourth-order valence-electron chi connectivity index (χ4n) is 0.925. The molecule has 3 nitrogen and oxygen atoms in total. The molecule has 1 unspecified atom stereocenters. The molecule has 2 rings (SSSR count). The molecule has 0 radical (unpaired) electrons. The van der Waals surface area contributed by atoms with Gasteiger partial charge in [-0.3, -0.25) is 0 Å². The minimum atomic E-state index is -2.68. The molecule has 76 valence electrons. The average molecular weight is 202 g/mol. The number of hydrogen-bond donors (Lipinski definition) is 1. The predicted octanol–water partition coefficient (Wildman–Crippen LogP) is 1.57. The van der Waals surface area contributed by atoms with E-state index in [9.17, 15) is 0 Å². The fraction of sp³-hybridized carbons (Fsp3) is 0.455. The molecule has 1 aromatic carbocycles. The first-order valence-corrected chi connectivity index (χ1v) is 3.99. The van der Waals surface area contributed by atoms with E-state index < -0.39 is 54.3 Å². The second-order valence-electron chi connectivity index (χ2n) is 2.63. The van der Waals surface area contributed by atoms with Gasteiger partial charge in [0.05, 0.1) is 4.11 Å². The van der Waals surface area contributed by atoms with Crippen molar-refractivity contribution >= 4 is 0 Å². The first kappa shape index (κ1) is 3.42. The topological polar surface area (TPSA) is 30.5 Å². The zero-order valence-electron chi connectivity index (χ0n) is 16.8. The molecule has 0 spiro atoms. The fourth-order valence-corrected chi connectivity index (χ4v) is 0.925. The molecule has 0 bridgehead atoms. The first-order chi connectivity index (χ1) is 10.2. The van der Waals surface area contributed by atoms with E-state index in [4.69, 9.17) is 21.9 Å². The van der Waals surface area contributed by atoms with E-state index in [1.165, 1.54) is 0 Å². The van der Waals surface area contributed by atoms with E-state index in [0.717, 1.165) is 14.0 Å². The Morgan fingerprint density at radius 1 is 1.79 bits per heavy atom. The molecule has 0 saturated heterocycles. The minimum absolute atomic E-state index is 0.449. The van der Waals surface area contributed by atoms with Gasteiger partial charge in [0.1, 0.15) is 4.15 Å². The van der Waals surface area contributed by atoms with Gasteiger partial charge in [-0.05, 0) is 38.0 Å². The normalized spacial score (nSPS) is 32.1. The molecule has 0 amide bonds. The molecular formula is C11H15NO2. The second kappa shape index (κ2) is 3.88. The molecule has 0 aromatic heterocycles. The third-order valence-corrected chi connectivity index (χ3v) is 1.67. The van der Waals surface area contributed by atoms with Crippen molar-refractivity contribution in [2.24, 2.45) is 0 Å². The van der Waals surface area contributed by atoms with Gasteiger partial charge in [-0.15, -0.1) is 0 Å². The molecule has 1 aromatic rings. The summed E-state index contributed by atoms with van der Waals surface area (Å²) in [5.74, 6) is -0.936. The van der Waals surface area contributed by atoms with Crippen molar-refractivity contribution in [3.8, 4) is 11.5 Å². The van der Waals surface area contributed by atoms with Crippen LogP contribution in [0.4, 0.5) is 0 Å². The summed E-state index contributed by atoms with van der Waals surface area (Å²) >= 11 is 0. The Balaban J connectivity index is 2.74. The molecule has 0 aliphatic carbocycles. The maximum Gasteiger partial charge on any atom is 0.231 e. The molecule has 0 saturated carbocycles. The Morgan fingerprint density at radius 3 is 3.36 bits per heavy atom. The van der Waals surface area contributed by atoms with Gasteiger partial charge in [-0.2, -0.15) is 0 Å². The zero-order valence-corrected chi connectivity index (χ0v) is 7.76. The van der Waals surface area contributed by atoms with Crippen LogP contribution in [0.3, 0.4) is 0 Å². The number of likely N-dealkylation sites (N-methyl/N-ethyl adjacent to an activating group) is 1. The van der Waals surface area contributed by atoms with Crippen LogP contribution in [0.25, 0.3) is 0 Å². The van der Waals surface area contributed by atoms with Crippen molar-refractivity contribution in [3.05, 3.63) is 23.7 Å². The minimum Gasteiger partial charge on any atom is -0.454 e. The van der Waals surface area contributed by atoms with Crippen LogP contribution in [-0.4, -0.2) is 19.8 Å². The molecule has 3 heteroatoms. The van der Waals surface area contributed by atoms with Crippen LogP contribution in [0.15, 0.2) is 18.1 Å². The molecule has 1 atom stereocenters. The zero-order chi connectivity index (χ0) is 18.0. The lowest BCUT2D eigenvalue weighted by molar-refractivity contribution is 0.174. The first-order valence-electron chi connectivity index (χ1n) is 8.43. The predicted molar refractivity (Wildman–Crippen MR) is 54.8 cm³/mol. The van der Waals surface area contributed by atoms with Gasteiger partial charge in [-0.1, -0.05) is 6.04 Å². The standard InChI is InChI=1S/C11H15NO2/c1-8(12-2)5-9-3-4-10-11(6-9)14-7-13-10/h3-4,6,8,12H,5,7H2,1-2H3/i3D,4D,5D2,6D,7D2,8D/hD. The van der Waals surface area contributed by atoms with Crippen molar-refractivity contribution in [2.75, 3.05) is 13.8 Å².